The summed E-state index contributed by atoms with van der Waals surface area (Å²) >= 11 is 0. The van der Waals surface area contributed by atoms with Gasteiger partial charge in [0.05, 0.1) is 12.7 Å². The summed E-state index contributed by atoms with van der Waals surface area (Å²) in [5.74, 6) is 0.445. The van der Waals surface area contributed by atoms with Crippen LogP contribution in [-0.4, -0.2) is 67.7 Å². The van der Waals surface area contributed by atoms with Gasteiger partial charge in [-0.1, -0.05) is 12.2 Å². The van der Waals surface area contributed by atoms with E-state index in [2.05, 4.69) is 0 Å². The highest BCUT2D eigenvalue weighted by Gasteiger charge is 2.75. The lowest BCUT2D eigenvalue weighted by Gasteiger charge is -2.30. The normalized spacial score (nSPS) is 34.5. The second-order valence-electron chi connectivity index (χ2n) is 9.10. The maximum atomic E-state index is 13.2. The molecule has 0 amide bonds. The Balaban J connectivity index is 1.75. The Hall–Kier alpha value is -2.13. The second kappa shape index (κ2) is 8.67. The molecule has 176 valence electrons. The van der Waals surface area contributed by atoms with E-state index in [4.69, 9.17) is 28.4 Å². The molecule has 4 rings (SSSR count). The summed E-state index contributed by atoms with van der Waals surface area (Å²) in [4.78, 5) is 13.2. The van der Waals surface area contributed by atoms with Crippen molar-refractivity contribution in [3.63, 3.8) is 0 Å². The predicted molar refractivity (Wildman–Crippen MR) is 115 cm³/mol. The van der Waals surface area contributed by atoms with Gasteiger partial charge in [0, 0.05) is 19.6 Å². The van der Waals surface area contributed by atoms with E-state index in [9.17, 15) is 9.90 Å². The quantitative estimate of drug-likeness (QED) is 0.325. The lowest BCUT2D eigenvalue weighted by Crippen LogP contribution is -2.40. The number of esters is 1. The van der Waals surface area contributed by atoms with Crippen LogP contribution < -0.4 is 9.47 Å². The molecular weight excluding hydrogens is 416 g/mol. The molecule has 0 aliphatic carbocycles. The van der Waals surface area contributed by atoms with Crippen LogP contribution in [-0.2, 0) is 25.4 Å². The molecule has 0 spiro atoms. The molecule has 8 heteroatoms. The molecule has 1 aromatic rings. The molecule has 1 aromatic carbocycles. The third-order valence-electron chi connectivity index (χ3n) is 6.63. The highest BCUT2D eigenvalue weighted by Crippen LogP contribution is 2.59. The van der Waals surface area contributed by atoms with Crippen molar-refractivity contribution in [2.45, 2.75) is 75.7 Å². The number of hydrogen-bond donors (Lipinski definition) is 1. The maximum absolute atomic E-state index is 13.2. The fraction of sp³-hybridized carbons (Fsp3) is 0.625. The van der Waals surface area contributed by atoms with Crippen LogP contribution in [0.25, 0.3) is 0 Å². The summed E-state index contributed by atoms with van der Waals surface area (Å²) in [6.45, 7) is 5.76. The highest BCUT2D eigenvalue weighted by molar-refractivity contribution is 5.94. The molecule has 5 atom stereocenters. The summed E-state index contributed by atoms with van der Waals surface area (Å²) in [6, 6.07) is 3.49. The number of fused-ring (bicyclic) bond motifs is 1. The number of carbonyl (C=O) groups is 1. The smallest absolute Gasteiger partial charge is 0.342 e. The van der Waals surface area contributed by atoms with Crippen molar-refractivity contribution in [1.82, 2.24) is 0 Å². The molecule has 3 aliphatic rings. The number of benzene rings is 1. The fourth-order valence-corrected chi connectivity index (χ4v) is 4.82. The fourth-order valence-electron chi connectivity index (χ4n) is 4.82. The van der Waals surface area contributed by atoms with Crippen LogP contribution in [0.2, 0.25) is 0 Å². The van der Waals surface area contributed by atoms with E-state index < -0.39 is 35.5 Å². The molecule has 2 unspecified atom stereocenters. The zero-order valence-electron chi connectivity index (χ0n) is 19.3. The Labute approximate surface area is 188 Å². The van der Waals surface area contributed by atoms with Crippen molar-refractivity contribution in [3.8, 4) is 11.5 Å². The Bertz CT molecular complexity index is 894. The topological polar surface area (TPSA) is 96.0 Å². The first-order valence-electron chi connectivity index (χ1n) is 11.0. The lowest BCUT2D eigenvalue weighted by atomic mass is 9.83. The number of hydrogen-bond acceptors (Lipinski definition) is 8. The largest absolute Gasteiger partial charge is 0.497 e. The Morgan fingerprint density at radius 1 is 1.22 bits per heavy atom. The van der Waals surface area contributed by atoms with Crippen molar-refractivity contribution in [2.75, 3.05) is 21.0 Å². The van der Waals surface area contributed by atoms with Crippen molar-refractivity contribution in [2.24, 2.45) is 0 Å². The number of rotatable bonds is 4. The SMILES string of the molecule is COCOc1cc(OC)cc2c1C(=O)O[C@@H](C)C/C=C\C(O)[C@H]1OC(C)(C)C3(CC2)O[C@H]13. The standard InChI is InChI=1S/C24H32O8/c1-14-7-6-8-17(25)20-21-24(32-21,23(2,3)31-20)10-9-15-11-16(28-5)12-18(29-13-27-4)19(15)22(26)30-14/h6,8,11-12,14,17,20-21,25H,7,9-10,13H2,1-5H3/b8-6-/t14-,17?,20+,21+,24?/m0/s1. The summed E-state index contributed by atoms with van der Waals surface area (Å²) in [5.41, 5.74) is -0.0253. The minimum atomic E-state index is -0.795. The molecule has 8 nitrogen and oxygen atoms in total. The monoisotopic (exact) mass is 448 g/mol. The molecule has 0 saturated carbocycles. The average molecular weight is 449 g/mol. The van der Waals surface area contributed by atoms with Gasteiger partial charge < -0.3 is 33.5 Å². The summed E-state index contributed by atoms with van der Waals surface area (Å²) in [7, 11) is 3.08. The Kier molecular flexibility index (Phi) is 6.24. The van der Waals surface area contributed by atoms with E-state index >= 15 is 0 Å². The number of carbonyl (C=O) groups excluding carboxylic acids is 1. The molecule has 2 fully saturated rings. The average Bonchev–Trinajstić information content (AvgIpc) is 3.44. The number of aliphatic hydroxyl groups excluding tert-OH is 1. The van der Waals surface area contributed by atoms with Gasteiger partial charge in [0.15, 0.2) is 6.79 Å². The summed E-state index contributed by atoms with van der Waals surface area (Å²) < 4.78 is 34.3. The number of epoxide rings is 1. The first kappa shape index (κ1) is 23.0. The molecule has 0 radical (unpaired) electrons. The lowest BCUT2D eigenvalue weighted by molar-refractivity contribution is -0.133. The van der Waals surface area contributed by atoms with Gasteiger partial charge in [-0.05, 0) is 45.2 Å². The maximum Gasteiger partial charge on any atom is 0.342 e. The number of cyclic esters (lactones) is 1. The van der Waals surface area contributed by atoms with Gasteiger partial charge in [-0.3, -0.25) is 0 Å². The first-order chi connectivity index (χ1) is 15.2. The van der Waals surface area contributed by atoms with Crippen LogP contribution in [0.5, 0.6) is 11.5 Å². The van der Waals surface area contributed by atoms with Gasteiger partial charge in [-0.2, -0.15) is 0 Å². The van der Waals surface area contributed by atoms with Crippen LogP contribution in [0.3, 0.4) is 0 Å². The van der Waals surface area contributed by atoms with Gasteiger partial charge in [0.25, 0.3) is 0 Å². The van der Waals surface area contributed by atoms with Gasteiger partial charge in [-0.25, -0.2) is 4.79 Å². The number of ether oxygens (including phenoxy) is 6. The molecule has 32 heavy (non-hydrogen) atoms. The van der Waals surface area contributed by atoms with Gasteiger partial charge in [0.2, 0.25) is 0 Å². The molecule has 3 heterocycles. The van der Waals surface area contributed by atoms with E-state index in [1.54, 1.807) is 19.3 Å². The van der Waals surface area contributed by atoms with Crippen LogP contribution in [0.4, 0.5) is 0 Å². The number of aryl methyl sites for hydroxylation is 1. The molecule has 3 aliphatic heterocycles. The summed E-state index contributed by atoms with van der Waals surface area (Å²) in [5, 5.41) is 10.7. The van der Waals surface area contributed by atoms with Crippen LogP contribution >= 0.6 is 0 Å². The van der Waals surface area contributed by atoms with Crippen molar-refractivity contribution in [1.29, 1.82) is 0 Å². The Morgan fingerprint density at radius 3 is 2.69 bits per heavy atom. The van der Waals surface area contributed by atoms with E-state index in [0.717, 1.165) is 5.56 Å². The highest BCUT2D eigenvalue weighted by atomic mass is 16.7. The van der Waals surface area contributed by atoms with E-state index in [0.29, 0.717) is 36.3 Å². The third-order valence-corrected chi connectivity index (χ3v) is 6.63. The van der Waals surface area contributed by atoms with Gasteiger partial charge in [-0.15, -0.1) is 0 Å². The number of aliphatic hydroxyl groups is 1. The zero-order chi connectivity index (χ0) is 23.1. The Morgan fingerprint density at radius 2 is 2.00 bits per heavy atom. The molecule has 0 aromatic heterocycles. The zero-order valence-corrected chi connectivity index (χ0v) is 19.3. The van der Waals surface area contributed by atoms with Crippen molar-refractivity contribution in [3.05, 3.63) is 35.4 Å². The number of methoxy groups -OCH3 is 2. The van der Waals surface area contributed by atoms with Gasteiger partial charge in [0.1, 0.15) is 47.1 Å². The second-order valence-corrected chi connectivity index (χ2v) is 9.10. The minimum Gasteiger partial charge on any atom is -0.497 e. The molecule has 2 bridgehead atoms. The molecular formula is C24H32O8. The van der Waals surface area contributed by atoms with Gasteiger partial charge >= 0.3 is 5.97 Å². The van der Waals surface area contributed by atoms with Crippen LogP contribution in [0.15, 0.2) is 24.3 Å². The molecule has 1 N–H and O–H groups in total. The van der Waals surface area contributed by atoms with Crippen molar-refractivity contribution >= 4 is 5.97 Å². The van der Waals surface area contributed by atoms with E-state index in [1.165, 1.54) is 7.11 Å². The first-order valence-corrected chi connectivity index (χ1v) is 11.0. The van der Waals surface area contributed by atoms with E-state index in [1.807, 2.05) is 32.9 Å². The molecule has 2 saturated heterocycles. The summed E-state index contributed by atoms with van der Waals surface area (Å²) in [6.07, 6.45) is 3.24. The third kappa shape index (κ3) is 4.01. The minimum absolute atomic E-state index is 0.0132. The predicted octanol–water partition coefficient (Wildman–Crippen LogP) is 2.79. The van der Waals surface area contributed by atoms with Crippen molar-refractivity contribution < 1.29 is 38.3 Å². The van der Waals surface area contributed by atoms with E-state index in [-0.39, 0.29) is 12.9 Å². The van der Waals surface area contributed by atoms with Crippen LogP contribution in [0.1, 0.15) is 49.5 Å². The van der Waals surface area contributed by atoms with Crippen LogP contribution in [0, 0.1) is 0 Å².